The van der Waals surface area contributed by atoms with Gasteiger partial charge >= 0.3 is 0 Å². The first-order valence-electron chi connectivity index (χ1n) is 7.26. The zero-order chi connectivity index (χ0) is 16.8. The van der Waals surface area contributed by atoms with Crippen LogP contribution >= 0.6 is 27.7 Å². The predicted octanol–water partition coefficient (Wildman–Crippen LogP) is 4.24. The minimum absolute atomic E-state index is 0.154. The third-order valence-corrected chi connectivity index (χ3v) is 4.75. The molecule has 0 aliphatic rings. The van der Waals surface area contributed by atoms with Crippen molar-refractivity contribution in [1.82, 2.24) is 10.4 Å². The minimum atomic E-state index is -0.154. The highest BCUT2D eigenvalue weighted by Crippen LogP contribution is 2.25. The van der Waals surface area contributed by atoms with E-state index in [0.29, 0.717) is 0 Å². The number of carbonyl (C=O) groups is 1. The summed E-state index contributed by atoms with van der Waals surface area (Å²) in [4.78, 5) is 17.3. The lowest BCUT2D eigenvalue weighted by Gasteiger charge is -2.04. The van der Waals surface area contributed by atoms with E-state index in [-0.39, 0.29) is 11.7 Å². The Labute approximate surface area is 152 Å². The van der Waals surface area contributed by atoms with E-state index in [2.05, 4.69) is 31.4 Å². The van der Waals surface area contributed by atoms with Crippen molar-refractivity contribution < 1.29 is 4.79 Å². The van der Waals surface area contributed by atoms with Gasteiger partial charge < -0.3 is 0 Å². The summed E-state index contributed by atoms with van der Waals surface area (Å²) < 4.78 is 0.969. The second kappa shape index (κ2) is 8.08. The Morgan fingerprint density at radius 3 is 2.92 bits per heavy atom. The maximum atomic E-state index is 11.9. The third-order valence-electron chi connectivity index (χ3n) is 3.21. The monoisotopic (exact) mass is 399 g/mol. The van der Waals surface area contributed by atoms with Crippen molar-refractivity contribution in [2.75, 3.05) is 5.75 Å². The van der Waals surface area contributed by atoms with Crippen LogP contribution in [-0.2, 0) is 4.79 Å². The fourth-order valence-corrected chi connectivity index (χ4v) is 3.38. The number of hydrogen-bond donors (Lipinski definition) is 1. The van der Waals surface area contributed by atoms with Crippen LogP contribution in [0.1, 0.15) is 5.56 Å². The number of halogens is 1. The first kappa shape index (κ1) is 16.7. The molecule has 0 radical (unpaired) electrons. The number of para-hydroxylation sites is 1. The Morgan fingerprint density at radius 2 is 2.04 bits per heavy atom. The molecule has 6 heteroatoms. The van der Waals surface area contributed by atoms with E-state index in [1.807, 2.05) is 54.6 Å². The standard InChI is InChI=1S/C18H14BrN3OS/c19-15-7-1-4-13(10-15)11-21-22-17(23)12-24-16-8-2-5-14-6-3-9-20-18(14)16/h1-11H,12H2,(H,22,23)/b21-11-. The second-order valence-electron chi connectivity index (χ2n) is 4.97. The summed E-state index contributed by atoms with van der Waals surface area (Å²) >= 11 is 4.85. The molecule has 120 valence electrons. The molecule has 0 saturated heterocycles. The molecule has 1 N–H and O–H groups in total. The third kappa shape index (κ3) is 4.43. The molecule has 0 spiro atoms. The Balaban J connectivity index is 1.57. The normalized spacial score (nSPS) is 11.0. The van der Waals surface area contributed by atoms with Gasteiger partial charge in [-0.05, 0) is 29.8 Å². The summed E-state index contributed by atoms with van der Waals surface area (Å²) in [5.41, 5.74) is 4.37. The van der Waals surface area contributed by atoms with Gasteiger partial charge in [0.05, 0.1) is 17.5 Å². The van der Waals surface area contributed by atoms with Crippen LogP contribution in [0.4, 0.5) is 0 Å². The number of hydrazone groups is 1. The molecular formula is C18H14BrN3OS. The molecule has 3 rings (SSSR count). The summed E-state index contributed by atoms with van der Waals surface area (Å²) in [5.74, 6) is 0.130. The molecule has 0 saturated carbocycles. The van der Waals surface area contributed by atoms with Crippen molar-refractivity contribution >= 4 is 50.7 Å². The van der Waals surface area contributed by atoms with Crippen molar-refractivity contribution in [2.24, 2.45) is 5.10 Å². The number of aromatic nitrogens is 1. The van der Waals surface area contributed by atoms with Gasteiger partial charge in [-0.3, -0.25) is 9.78 Å². The van der Waals surface area contributed by atoms with E-state index in [0.717, 1.165) is 25.8 Å². The number of fused-ring (bicyclic) bond motifs is 1. The molecule has 1 heterocycles. The molecule has 0 aliphatic carbocycles. The number of amides is 1. The molecule has 1 amide bonds. The van der Waals surface area contributed by atoms with Gasteiger partial charge in [0.25, 0.3) is 0 Å². The number of thioether (sulfide) groups is 1. The summed E-state index contributed by atoms with van der Waals surface area (Å²) in [6.07, 6.45) is 3.38. The van der Waals surface area contributed by atoms with Crippen LogP contribution in [0.5, 0.6) is 0 Å². The Bertz CT molecular complexity index is 893. The first-order valence-corrected chi connectivity index (χ1v) is 9.04. The van der Waals surface area contributed by atoms with Gasteiger partial charge in [-0.15, -0.1) is 11.8 Å². The number of rotatable bonds is 5. The fourth-order valence-electron chi connectivity index (χ4n) is 2.13. The molecule has 0 bridgehead atoms. The van der Waals surface area contributed by atoms with Crippen LogP contribution in [0.3, 0.4) is 0 Å². The Hall–Kier alpha value is -2.18. The quantitative estimate of drug-likeness (QED) is 0.396. The highest BCUT2D eigenvalue weighted by atomic mass is 79.9. The molecule has 1 aromatic heterocycles. The summed E-state index contributed by atoms with van der Waals surface area (Å²) in [6, 6.07) is 17.5. The van der Waals surface area contributed by atoms with Gasteiger partial charge in [0.2, 0.25) is 5.91 Å². The van der Waals surface area contributed by atoms with Gasteiger partial charge in [-0.1, -0.05) is 46.3 Å². The van der Waals surface area contributed by atoms with E-state index >= 15 is 0 Å². The molecule has 24 heavy (non-hydrogen) atoms. The number of benzene rings is 2. The molecule has 3 aromatic rings. The summed E-state index contributed by atoms with van der Waals surface area (Å²) in [7, 11) is 0. The molecular weight excluding hydrogens is 386 g/mol. The topological polar surface area (TPSA) is 54.4 Å². The maximum absolute atomic E-state index is 11.9. The van der Waals surface area contributed by atoms with Crippen molar-refractivity contribution in [3.8, 4) is 0 Å². The maximum Gasteiger partial charge on any atom is 0.250 e. The van der Waals surface area contributed by atoms with Crippen LogP contribution in [0.15, 0.2) is 75.3 Å². The van der Waals surface area contributed by atoms with Gasteiger partial charge in [-0.25, -0.2) is 5.43 Å². The Kier molecular flexibility index (Phi) is 5.61. The number of carbonyl (C=O) groups excluding carboxylic acids is 1. The highest BCUT2D eigenvalue weighted by molar-refractivity contribution is 9.10. The molecule has 4 nitrogen and oxygen atoms in total. The largest absolute Gasteiger partial charge is 0.272 e. The lowest BCUT2D eigenvalue weighted by Crippen LogP contribution is -2.19. The highest BCUT2D eigenvalue weighted by Gasteiger charge is 2.05. The average molecular weight is 400 g/mol. The number of nitrogens with one attached hydrogen (secondary N) is 1. The number of nitrogens with zero attached hydrogens (tertiary/aromatic N) is 2. The van der Waals surface area contributed by atoms with Crippen LogP contribution in [0.25, 0.3) is 10.9 Å². The first-order chi connectivity index (χ1) is 11.7. The van der Waals surface area contributed by atoms with E-state index in [1.54, 1.807) is 12.4 Å². The molecule has 0 atom stereocenters. The molecule has 0 unspecified atom stereocenters. The van der Waals surface area contributed by atoms with E-state index in [9.17, 15) is 4.79 Å². The van der Waals surface area contributed by atoms with Crippen molar-refractivity contribution in [1.29, 1.82) is 0 Å². The van der Waals surface area contributed by atoms with Crippen LogP contribution in [0.2, 0.25) is 0 Å². The van der Waals surface area contributed by atoms with E-state index in [1.165, 1.54) is 11.8 Å². The zero-order valence-corrected chi connectivity index (χ0v) is 15.0. The summed E-state index contributed by atoms with van der Waals surface area (Å²) in [6.45, 7) is 0. The molecule has 0 aliphatic heterocycles. The minimum Gasteiger partial charge on any atom is -0.272 e. The van der Waals surface area contributed by atoms with Gasteiger partial charge in [-0.2, -0.15) is 5.10 Å². The smallest absolute Gasteiger partial charge is 0.250 e. The Morgan fingerprint density at radius 1 is 1.21 bits per heavy atom. The molecule has 0 fully saturated rings. The average Bonchev–Trinajstić information content (AvgIpc) is 2.60. The van der Waals surface area contributed by atoms with Gasteiger partial charge in [0.15, 0.2) is 0 Å². The fraction of sp³-hybridized carbons (Fsp3) is 0.0556. The van der Waals surface area contributed by atoms with Crippen LogP contribution < -0.4 is 5.43 Å². The van der Waals surface area contributed by atoms with Gasteiger partial charge in [0.1, 0.15) is 0 Å². The summed E-state index contributed by atoms with van der Waals surface area (Å²) in [5, 5.41) is 5.05. The zero-order valence-electron chi connectivity index (χ0n) is 12.6. The van der Waals surface area contributed by atoms with Crippen molar-refractivity contribution in [2.45, 2.75) is 4.90 Å². The van der Waals surface area contributed by atoms with Crippen molar-refractivity contribution in [3.05, 3.63) is 70.8 Å². The molecule has 2 aromatic carbocycles. The van der Waals surface area contributed by atoms with E-state index in [4.69, 9.17) is 0 Å². The SMILES string of the molecule is O=C(CSc1cccc2cccnc12)N/N=C\c1cccc(Br)c1. The number of hydrogen-bond acceptors (Lipinski definition) is 4. The lowest BCUT2D eigenvalue weighted by atomic mass is 10.2. The lowest BCUT2D eigenvalue weighted by molar-refractivity contribution is -0.118. The van der Waals surface area contributed by atoms with Crippen molar-refractivity contribution in [3.63, 3.8) is 0 Å². The second-order valence-corrected chi connectivity index (χ2v) is 6.90. The predicted molar refractivity (Wildman–Crippen MR) is 102 cm³/mol. The number of pyridine rings is 1. The van der Waals surface area contributed by atoms with Gasteiger partial charge in [0, 0.05) is 21.0 Å². The van der Waals surface area contributed by atoms with E-state index < -0.39 is 0 Å². The van der Waals surface area contributed by atoms with Crippen LogP contribution in [0, 0.1) is 0 Å². The van der Waals surface area contributed by atoms with Crippen LogP contribution in [-0.4, -0.2) is 22.9 Å².